The van der Waals surface area contributed by atoms with Crippen molar-refractivity contribution in [2.45, 2.75) is 25.8 Å². The molecule has 0 aliphatic carbocycles. The lowest BCUT2D eigenvalue weighted by atomic mass is 10.1. The van der Waals surface area contributed by atoms with Crippen LogP contribution in [-0.4, -0.2) is 45.9 Å². The largest absolute Gasteiger partial charge is 0.336 e. The summed E-state index contributed by atoms with van der Waals surface area (Å²) < 4.78 is 0. The van der Waals surface area contributed by atoms with E-state index in [1.54, 1.807) is 4.90 Å². The van der Waals surface area contributed by atoms with Crippen molar-refractivity contribution in [2.24, 2.45) is 0 Å². The lowest BCUT2D eigenvalue weighted by molar-refractivity contribution is -0.130. The van der Waals surface area contributed by atoms with Crippen molar-refractivity contribution in [3.8, 4) is 0 Å². The number of nitrogens with one attached hydrogen (secondary N) is 1. The number of nitrogens with zero attached hydrogens (tertiary/aromatic N) is 2. The maximum atomic E-state index is 12.8. The van der Waals surface area contributed by atoms with E-state index < -0.39 is 6.04 Å². The van der Waals surface area contributed by atoms with Gasteiger partial charge in [-0.25, -0.2) is 0 Å². The lowest BCUT2D eigenvalue weighted by Gasteiger charge is -2.23. The van der Waals surface area contributed by atoms with Gasteiger partial charge in [0.25, 0.3) is 5.91 Å². The van der Waals surface area contributed by atoms with Gasteiger partial charge in [0.05, 0.1) is 6.42 Å². The Morgan fingerprint density at radius 2 is 1.82 bits per heavy atom. The van der Waals surface area contributed by atoms with Gasteiger partial charge >= 0.3 is 0 Å². The molecule has 1 heterocycles. The zero-order valence-corrected chi connectivity index (χ0v) is 17.2. The minimum atomic E-state index is -0.580. The zero-order valence-electron chi connectivity index (χ0n) is 15.6. The molecule has 0 bridgehead atoms. The number of carbonyl (C=O) groups is 2. The average molecular weight is 416 g/mol. The fourth-order valence-corrected chi connectivity index (χ4v) is 3.81. The summed E-state index contributed by atoms with van der Waals surface area (Å²) in [7, 11) is 0. The van der Waals surface area contributed by atoms with Gasteiger partial charge in [-0.1, -0.05) is 41.9 Å². The van der Waals surface area contributed by atoms with Crippen molar-refractivity contribution in [3.05, 3.63) is 65.2 Å². The second-order valence-electron chi connectivity index (χ2n) is 6.57. The van der Waals surface area contributed by atoms with E-state index in [0.29, 0.717) is 35.3 Å². The summed E-state index contributed by atoms with van der Waals surface area (Å²) in [6.45, 7) is 2.94. The van der Waals surface area contributed by atoms with E-state index in [1.807, 2.05) is 66.4 Å². The van der Waals surface area contributed by atoms with E-state index in [1.165, 1.54) is 0 Å². The minimum absolute atomic E-state index is 0.0605. The fourth-order valence-electron chi connectivity index (χ4n) is 3.25. The number of para-hydroxylation sites is 1. The molecule has 1 saturated heterocycles. The molecule has 1 aliphatic rings. The molecular formula is C21H22ClN3O2S. The van der Waals surface area contributed by atoms with Crippen LogP contribution in [0.15, 0.2) is 54.6 Å². The SMILES string of the molecule is CCN1C(=O)[C@H](CC(=O)Nc2ccccc2)N(CCc2ccc(Cl)cc2)C1=S. The van der Waals surface area contributed by atoms with Crippen molar-refractivity contribution in [3.63, 3.8) is 0 Å². The van der Waals surface area contributed by atoms with E-state index in [2.05, 4.69) is 5.32 Å². The van der Waals surface area contributed by atoms with Gasteiger partial charge in [0.2, 0.25) is 5.91 Å². The number of benzene rings is 2. The number of carbonyl (C=O) groups excluding carboxylic acids is 2. The summed E-state index contributed by atoms with van der Waals surface area (Å²) in [5.41, 5.74) is 1.81. The molecule has 1 atom stereocenters. The number of rotatable bonds is 7. The molecule has 1 aliphatic heterocycles. The summed E-state index contributed by atoms with van der Waals surface area (Å²) in [5.74, 6) is -0.325. The Balaban J connectivity index is 1.69. The highest BCUT2D eigenvalue weighted by molar-refractivity contribution is 7.80. The number of likely N-dealkylation sites (N-methyl/N-ethyl adjacent to an activating group) is 1. The molecule has 5 nitrogen and oxygen atoms in total. The third kappa shape index (κ3) is 4.69. The van der Waals surface area contributed by atoms with E-state index in [0.717, 1.165) is 5.56 Å². The van der Waals surface area contributed by atoms with Gasteiger partial charge in [-0.05, 0) is 55.4 Å². The van der Waals surface area contributed by atoms with E-state index >= 15 is 0 Å². The first kappa shape index (κ1) is 20.3. The van der Waals surface area contributed by atoms with Crippen LogP contribution in [0.1, 0.15) is 18.9 Å². The second-order valence-corrected chi connectivity index (χ2v) is 7.37. The van der Waals surface area contributed by atoms with Gasteiger partial charge in [-0.3, -0.25) is 14.5 Å². The van der Waals surface area contributed by atoms with Gasteiger partial charge in [0.1, 0.15) is 6.04 Å². The van der Waals surface area contributed by atoms with Crippen LogP contribution in [0.4, 0.5) is 5.69 Å². The molecule has 0 radical (unpaired) electrons. The first-order valence-corrected chi connectivity index (χ1v) is 9.99. The Morgan fingerprint density at radius 1 is 1.14 bits per heavy atom. The van der Waals surface area contributed by atoms with Crippen molar-refractivity contribution in [1.29, 1.82) is 0 Å². The molecular weight excluding hydrogens is 394 g/mol. The van der Waals surface area contributed by atoms with Crippen LogP contribution in [0.25, 0.3) is 0 Å². The Labute approximate surface area is 175 Å². The number of hydrogen-bond acceptors (Lipinski definition) is 3. The van der Waals surface area contributed by atoms with Crippen molar-refractivity contribution in [2.75, 3.05) is 18.4 Å². The van der Waals surface area contributed by atoms with Crippen LogP contribution in [0.5, 0.6) is 0 Å². The third-order valence-corrected chi connectivity index (χ3v) is 5.42. The molecule has 28 heavy (non-hydrogen) atoms. The summed E-state index contributed by atoms with van der Waals surface area (Å²) in [6.07, 6.45) is 0.768. The number of thiocarbonyl (C=S) groups is 1. The molecule has 0 unspecified atom stereocenters. The lowest BCUT2D eigenvalue weighted by Crippen LogP contribution is -2.39. The molecule has 0 spiro atoms. The highest BCUT2D eigenvalue weighted by atomic mass is 35.5. The minimum Gasteiger partial charge on any atom is -0.336 e. The van der Waals surface area contributed by atoms with Crippen LogP contribution < -0.4 is 5.32 Å². The Kier molecular flexibility index (Phi) is 6.65. The summed E-state index contributed by atoms with van der Waals surface area (Å²) in [6, 6.07) is 16.2. The van der Waals surface area contributed by atoms with Gasteiger partial charge in [-0.15, -0.1) is 0 Å². The predicted molar refractivity (Wildman–Crippen MR) is 115 cm³/mol. The smallest absolute Gasteiger partial charge is 0.252 e. The highest BCUT2D eigenvalue weighted by Gasteiger charge is 2.42. The standard InChI is InChI=1S/C21H22ClN3O2S/c1-2-24-20(27)18(14-19(26)23-17-6-4-3-5-7-17)25(21(24)28)13-12-15-8-10-16(22)11-9-15/h3-11,18H,2,12-14H2,1H3,(H,23,26)/t18-/m0/s1. The number of anilines is 1. The fraction of sp³-hybridized carbons (Fsp3) is 0.286. The normalized spacial score (nSPS) is 16.6. The molecule has 0 aromatic heterocycles. The average Bonchev–Trinajstić information content (AvgIpc) is 2.91. The Bertz CT molecular complexity index is 858. The molecule has 146 valence electrons. The topological polar surface area (TPSA) is 52.7 Å². The van der Waals surface area contributed by atoms with Crippen molar-refractivity contribution < 1.29 is 9.59 Å². The Morgan fingerprint density at radius 3 is 2.46 bits per heavy atom. The van der Waals surface area contributed by atoms with Gasteiger partial charge in [-0.2, -0.15) is 0 Å². The molecule has 3 rings (SSSR count). The number of hydrogen-bond donors (Lipinski definition) is 1. The molecule has 7 heteroatoms. The first-order chi connectivity index (χ1) is 13.5. The van der Waals surface area contributed by atoms with Crippen LogP contribution in [0.2, 0.25) is 5.02 Å². The summed E-state index contributed by atoms with van der Waals surface area (Å²) >= 11 is 11.5. The maximum Gasteiger partial charge on any atom is 0.252 e. The van der Waals surface area contributed by atoms with Crippen LogP contribution in [-0.2, 0) is 16.0 Å². The maximum absolute atomic E-state index is 12.8. The Hall–Kier alpha value is -2.44. The van der Waals surface area contributed by atoms with Crippen LogP contribution in [0.3, 0.4) is 0 Å². The summed E-state index contributed by atoms with van der Waals surface area (Å²) in [5, 5.41) is 4.01. The molecule has 0 saturated carbocycles. The molecule has 1 fully saturated rings. The molecule has 2 aromatic rings. The quantitative estimate of drug-likeness (QED) is 0.700. The molecule has 2 aromatic carbocycles. The van der Waals surface area contributed by atoms with E-state index in [4.69, 9.17) is 23.8 Å². The van der Waals surface area contributed by atoms with E-state index in [9.17, 15) is 9.59 Å². The van der Waals surface area contributed by atoms with Crippen LogP contribution in [0, 0.1) is 0 Å². The molecule has 1 N–H and O–H groups in total. The predicted octanol–water partition coefficient (Wildman–Crippen LogP) is 3.73. The first-order valence-electron chi connectivity index (χ1n) is 9.21. The monoisotopic (exact) mass is 415 g/mol. The van der Waals surface area contributed by atoms with Gasteiger partial charge < -0.3 is 10.2 Å². The van der Waals surface area contributed by atoms with Crippen molar-refractivity contribution in [1.82, 2.24) is 9.80 Å². The third-order valence-electron chi connectivity index (χ3n) is 4.71. The van der Waals surface area contributed by atoms with Crippen LogP contribution >= 0.6 is 23.8 Å². The zero-order chi connectivity index (χ0) is 20.1. The second kappa shape index (κ2) is 9.17. The summed E-state index contributed by atoms with van der Waals surface area (Å²) in [4.78, 5) is 28.7. The van der Waals surface area contributed by atoms with Gasteiger partial charge in [0, 0.05) is 23.8 Å². The number of amides is 2. The number of halogens is 1. The molecule has 2 amide bonds. The van der Waals surface area contributed by atoms with Gasteiger partial charge in [0.15, 0.2) is 5.11 Å². The van der Waals surface area contributed by atoms with E-state index in [-0.39, 0.29) is 18.2 Å². The highest BCUT2D eigenvalue weighted by Crippen LogP contribution is 2.22. The van der Waals surface area contributed by atoms with Crippen molar-refractivity contribution >= 4 is 46.4 Å².